The van der Waals surface area contributed by atoms with Crippen molar-refractivity contribution in [2.45, 2.75) is 9.48 Å². The van der Waals surface area contributed by atoms with Gasteiger partial charge in [-0.05, 0) is 23.9 Å². The predicted molar refractivity (Wildman–Crippen MR) is 64.1 cm³/mol. The number of carbonyl (C=O) groups is 1. The van der Waals surface area contributed by atoms with Crippen LogP contribution in [0.4, 0.5) is 5.69 Å². The van der Waals surface area contributed by atoms with Crippen molar-refractivity contribution in [1.82, 2.24) is 0 Å². The Hall–Kier alpha value is -1.18. The van der Waals surface area contributed by atoms with E-state index in [0.717, 1.165) is 16.7 Å². The Labute approximate surface area is 100 Å². The number of anilines is 1. The summed E-state index contributed by atoms with van der Waals surface area (Å²) < 4.78 is -0.537. The van der Waals surface area contributed by atoms with E-state index in [1.165, 1.54) is 11.8 Å². The van der Waals surface area contributed by atoms with E-state index in [1.807, 2.05) is 12.1 Å². The number of nitrogens with zero attached hydrogens (tertiary/aromatic N) is 1. The zero-order valence-corrected chi connectivity index (χ0v) is 9.79. The largest absolute Gasteiger partial charge is 0.301 e. The van der Waals surface area contributed by atoms with Gasteiger partial charge in [-0.15, -0.1) is 0 Å². The standard InChI is InChI=1S/C9H9N3O2S2/c10-9(11)16-8-7(13)12(14)5-3-1-2-4-6(5)15-8/h1-4,8,14H,(H3,10,11)/p+1/t8-/m1/s1. The number of fused-ring (bicyclic) bond motifs is 1. The minimum Gasteiger partial charge on any atom is -0.282 e. The number of para-hydroxylation sites is 1. The number of nitrogens with two attached hydrogens (primary N) is 2. The molecular weight excluding hydrogens is 246 g/mol. The number of hydroxylamine groups is 1. The van der Waals surface area contributed by atoms with Gasteiger partial charge in [-0.2, -0.15) is 5.06 Å². The normalized spacial score (nSPS) is 19.4. The third-order valence-corrected chi connectivity index (χ3v) is 4.26. The first kappa shape index (κ1) is 11.3. The molecule has 7 heteroatoms. The summed E-state index contributed by atoms with van der Waals surface area (Å²) in [6, 6.07) is 7.10. The molecule has 84 valence electrons. The minimum atomic E-state index is -0.537. The first-order valence-corrected chi connectivity index (χ1v) is 6.18. The van der Waals surface area contributed by atoms with E-state index < -0.39 is 10.5 Å². The van der Waals surface area contributed by atoms with Crippen molar-refractivity contribution in [3.8, 4) is 0 Å². The Bertz CT molecular complexity index is 452. The highest BCUT2D eigenvalue weighted by atomic mass is 32.2. The fourth-order valence-corrected chi connectivity index (χ4v) is 3.46. The maximum Gasteiger partial charge on any atom is 0.301 e. The highest BCUT2D eigenvalue weighted by Gasteiger charge is 2.34. The molecule has 0 spiro atoms. The van der Waals surface area contributed by atoms with E-state index in [9.17, 15) is 10.0 Å². The summed E-state index contributed by atoms with van der Waals surface area (Å²) in [4.78, 5) is 12.6. The molecule has 1 heterocycles. The van der Waals surface area contributed by atoms with Gasteiger partial charge < -0.3 is 0 Å². The maximum atomic E-state index is 11.7. The molecule has 0 aromatic heterocycles. The first-order valence-electron chi connectivity index (χ1n) is 4.42. The van der Waals surface area contributed by atoms with Gasteiger partial charge in [0.1, 0.15) is 4.58 Å². The SMILES string of the molecule is NC(=[NH2+])S[C@H]1Sc2ccccc2N(O)C1=O. The molecule has 16 heavy (non-hydrogen) atoms. The number of amides is 1. The molecule has 5 N–H and O–H groups in total. The zero-order chi connectivity index (χ0) is 11.7. The summed E-state index contributed by atoms with van der Waals surface area (Å²) in [6.07, 6.45) is 0. The molecule has 5 nitrogen and oxygen atoms in total. The molecule has 0 saturated carbocycles. The highest BCUT2D eigenvalue weighted by Crippen LogP contribution is 2.41. The Balaban J connectivity index is 2.32. The Morgan fingerprint density at radius 3 is 2.94 bits per heavy atom. The minimum absolute atomic E-state index is 0.110. The third-order valence-electron chi connectivity index (χ3n) is 1.98. The van der Waals surface area contributed by atoms with Gasteiger partial charge in [0.25, 0.3) is 5.91 Å². The highest BCUT2D eigenvalue weighted by molar-refractivity contribution is 8.25. The maximum absolute atomic E-state index is 11.7. The molecule has 1 aliphatic heterocycles. The van der Waals surface area contributed by atoms with E-state index in [-0.39, 0.29) is 5.17 Å². The van der Waals surface area contributed by atoms with Crippen LogP contribution in [0.2, 0.25) is 0 Å². The van der Waals surface area contributed by atoms with Gasteiger partial charge in [0.2, 0.25) is 0 Å². The molecular formula is C9H10N3O2S2+. The number of benzene rings is 1. The van der Waals surface area contributed by atoms with Crippen LogP contribution in [-0.4, -0.2) is 20.9 Å². The van der Waals surface area contributed by atoms with Crippen molar-refractivity contribution >= 4 is 40.3 Å². The van der Waals surface area contributed by atoms with Crippen molar-refractivity contribution in [3.63, 3.8) is 0 Å². The van der Waals surface area contributed by atoms with E-state index in [0.29, 0.717) is 10.8 Å². The molecule has 1 amide bonds. The summed E-state index contributed by atoms with van der Waals surface area (Å²) in [5.41, 5.74) is 5.83. The molecule has 0 radical (unpaired) electrons. The second-order valence-corrected chi connectivity index (χ2v) is 5.71. The molecule has 0 saturated heterocycles. The second-order valence-electron chi connectivity index (χ2n) is 3.09. The fraction of sp³-hybridized carbons (Fsp3) is 0.111. The first-order chi connectivity index (χ1) is 7.59. The molecule has 1 aromatic carbocycles. The van der Waals surface area contributed by atoms with E-state index in [4.69, 9.17) is 11.1 Å². The number of carbonyl (C=O) groups excluding carboxylic acids is 1. The summed E-state index contributed by atoms with van der Waals surface area (Å²) in [5, 5.41) is 15.8. The van der Waals surface area contributed by atoms with Gasteiger partial charge in [-0.1, -0.05) is 23.9 Å². The van der Waals surface area contributed by atoms with Gasteiger partial charge in [0.15, 0.2) is 0 Å². The lowest BCUT2D eigenvalue weighted by Gasteiger charge is -2.27. The van der Waals surface area contributed by atoms with Crippen LogP contribution in [0.1, 0.15) is 0 Å². The smallest absolute Gasteiger partial charge is 0.282 e. The van der Waals surface area contributed by atoms with E-state index in [2.05, 4.69) is 0 Å². The van der Waals surface area contributed by atoms with Crippen molar-refractivity contribution in [3.05, 3.63) is 24.3 Å². The molecule has 1 atom stereocenters. The van der Waals surface area contributed by atoms with Crippen LogP contribution in [0.25, 0.3) is 0 Å². The van der Waals surface area contributed by atoms with Crippen molar-refractivity contribution in [2.75, 3.05) is 5.06 Å². The Morgan fingerprint density at radius 1 is 1.56 bits per heavy atom. The Kier molecular flexibility index (Phi) is 3.08. The van der Waals surface area contributed by atoms with Crippen LogP contribution >= 0.6 is 23.5 Å². The summed E-state index contributed by atoms with van der Waals surface area (Å²) in [6.45, 7) is 0. The average Bonchev–Trinajstić information content (AvgIpc) is 2.25. The van der Waals surface area contributed by atoms with Crippen molar-refractivity contribution < 1.29 is 15.4 Å². The van der Waals surface area contributed by atoms with Gasteiger partial charge in [0, 0.05) is 4.90 Å². The summed E-state index contributed by atoms with van der Waals surface area (Å²) >= 11 is 2.36. The van der Waals surface area contributed by atoms with Gasteiger partial charge >= 0.3 is 5.17 Å². The molecule has 0 bridgehead atoms. The number of amidine groups is 1. The van der Waals surface area contributed by atoms with Gasteiger partial charge in [-0.25, -0.2) is 0 Å². The van der Waals surface area contributed by atoms with Crippen molar-refractivity contribution in [2.24, 2.45) is 5.73 Å². The number of hydrogen-bond acceptors (Lipinski definition) is 4. The number of rotatable bonds is 1. The predicted octanol–water partition coefficient (Wildman–Crippen LogP) is -0.352. The van der Waals surface area contributed by atoms with Crippen LogP contribution in [0.3, 0.4) is 0 Å². The van der Waals surface area contributed by atoms with Crippen molar-refractivity contribution in [1.29, 1.82) is 0 Å². The average molecular weight is 256 g/mol. The molecule has 1 aliphatic rings. The molecule has 2 rings (SSSR count). The lowest BCUT2D eigenvalue weighted by atomic mass is 10.3. The fourth-order valence-electron chi connectivity index (χ4n) is 1.31. The monoisotopic (exact) mass is 256 g/mol. The summed E-state index contributed by atoms with van der Waals surface area (Å²) in [5.74, 6) is -0.429. The lowest BCUT2D eigenvalue weighted by Crippen LogP contribution is -2.46. The van der Waals surface area contributed by atoms with Gasteiger partial charge in [0.05, 0.1) is 5.69 Å². The lowest BCUT2D eigenvalue weighted by molar-refractivity contribution is -0.122. The third kappa shape index (κ3) is 2.01. The molecule has 0 fully saturated rings. The van der Waals surface area contributed by atoms with Crippen LogP contribution in [0.5, 0.6) is 0 Å². The number of hydrogen-bond donors (Lipinski definition) is 3. The van der Waals surface area contributed by atoms with Crippen LogP contribution in [0, 0.1) is 0 Å². The quantitative estimate of drug-likeness (QED) is 0.363. The molecule has 1 aromatic rings. The van der Waals surface area contributed by atoms with E-state index >= 15 is 0 Å². The van der Waals surface area contributed by atoms with E-state index in [1.54, 1.807) is 12.1 Å². The number of thioether (sulfide) groups is 2. The van der Waals surface area contributed by atoms with Crippen LogP contribution in [-0.2, 0) is 4.79 Å². The van der Waals surface area contributed by atoms with Gasteiger partial charge in [-0.3, -0.25) is 21.1 Å². The molecule has 0 aliphatic carbocycles. The van der Waals surface area contributed by atoms with Crippen LogP contribution in [0.15, 0.2) is 29.2 Å². The summed E-state index contributed by atoms with van der Waals surface area (Å²) in [7, 11) is 0. The Morgan fingerprint density at radius 2 is 2.25 bits per heavy atom. The molecule has 0 unspecified atom stereocenters. The van der Waals surface area contributed by atoms with Crippen LogP contribution < -0.4 is 16.2 Å². The topological polar surface area (TPSA) is 92.2 Å². The zero-order valence-electron chi connectivity index (χ0n) is 8.16. The second kappa shape index (κ2) is 4.36.